The number of nitrogens with zero attached hydrogens (tertiary/aromatic N) is 3. The van der Waals surface area contributed by atoms with E-state index < -0.39 is 0 Å². The lowest BCUT2D eigenvalue weighted by Gasteiger charge is -2.30. The molecule has 2 atom stereocenters. The molecular formula is C13H23N5O2. The predicted octanol–water partition coefficient (Wildman–Crippen LogP) is 0.766. The zero-order chi connectivity index (χ0) is 14.5. The predicted molar refractivity (Wildman–Crippen MR) is 75.1 cm³/mol. The highest BCUT2D eigenvalue weighted by molar-refractivity contribution is 5.90. The molecule has 2 rings (SSSR count). The van der Waals surface area contributed by atoms with Crippen molar-refractivity contribution in [2.45, 2.75) is 39.2 Å². The Morgan fingerprint density at radius 1 is 1.50 bits per heavy atom. The van der Waals surface area contributed by atoms with Gasteiger partial charge < -0.3 is 10.2 Å². The van der Waals surface area contributed by atoms with Crippen LogP contribution in [0.15, 0.2) is 4.42 Å². The summed E-state index contributed by atoms with van der Waals surface area (Å²) in [5, 5.41) is 10.1. The van der Waals surface area contributed by atoms with E-state index in [9.17, 15) is 4.79 Å². The van der Waals surface area contributed by atoms with Gasteiger partial charge in [0, 0.05) is 13.0 Å². The third-order valence-corrected chi connectivity index (χ3v) is 3.92. The molecule has 0 saturated heterocycles. The Bertz CT molecular complexity index is 448. The molecule has 1 saturated carbocycles. The van der Waals surface area contributed by atoms with E-state index >= 15 is 0 Å². The first-order chi connectivity index (χ1) is 9.63. The summed E-state index contributed by atoms with van der Waals surface area (Å²) >= 11 is 0. The normalized spacial score (nSPS) is 22.4. The van der Waals surface area contributed by atoms with Gasteiger partial charge in [-0.1, -0.05) is 18.4 Å². The van der Waals surface area contributed by atoms with Gasteiger partial charge >= 0.3 is 6.01 Å². The fraction of sp³-hybridized carbons (Fsp3) is 0.769. The Kier molecular flexibility index (Phi) is 5.08. The fourth-order valence-corrected chi connectivity index (χ4v) is 2.93. The molecule has 1 aromatic heterocycles. The smallest absolute Gasteiger partial charge is 0.322 e. The van der Waals surface area contributed by atoms with Crippen molar-refractivity contribution in [1.29, 1.82) is 0 Å². The zero-order valence-electron chi connectivity index (χ0n) is 12.1. The summed E-state index contributed by atoms with van der Waals surface area (Å²) in [6.07, 6.45) is 3.46. The molecule has 2 unspecified atom stereocenters. The van der Waals surface area contributed by atoms with Crippen LogP contribution in [0.4, 0.5) is 6.01 Å². The number of nitrogens with one attached hydrogen (secondary N) is 1. The molecule has 0 radical (unpaired) electrons. The second-order valence-corrected chi connectivity index (χ2v) is 5.23. The van der Waals surface area contributed by atoms with E-state index in [1.54, 1.807) is 6.92 Å². The Balaban J connectivity index is 1.90. The van der Waals surface area contributed by atoms with Crippen molar-refractivity contribution in [2.75, 3.05) is 25.0 Å². The van der Waals surface area contributed by atoms with Gasteiger partial charge in [0.15, 0.2) is 0 Å². The number of hydrogen-bond donors (Lipinski definition) is 2. The lowest BCUT2D eigenvalue weighted by molar-refractivity contribution is -0.118. The van der Waals surface area contributed by atoms with E-state index in [0.29, 0.717) is 30.9 Å². The van der Waals surface area contributed by atoms with Gasteiger partial charge in [-0.05, 0) is 31.8 Å². The lowest BCUT2D eigenvalue weighted by Crippen LogP contribution is -2.44. The van der Waals surface area contributed by atoms with Crippen molar-refractivity contribution in [2.24, 2.45) is 11.7 Å². The SMILES string of the molecule is CCN(CC(=O)Nc1nnc(C)o1)C1CCCC1CN. The van der Waals surface area contributed by atoms with Gasteiger partial charge in [0.1, 0.15) is 0 Å². The molecule has 0 spiro atoms. The third-order valence-electron chi connectivity index (χ3n) is 3.92. The monoisotopic (exact) mass is 281 g/mol. The fourth-order valence-electron chi connectivity index (χ4n) is 2.93. The number of aromatic nitrogens is 2. The highest BCUT2D eigenvalue weighted by Crippen LogP contribution is 2.29. The second-order valence-electron chi connectivity index (χ2n) is 5.23. The molecule has 1 fully saturated rings. The summed E-state index contributed by atoms with van der Waals surface area (Å²) in [5.41, 5.74) is 5.81. The lowest BCUT2D eigenvalue weighted by atomic mass is 10.0. The molecule has 1 aliphatic rings. The van der Waals surface area contributed by atoms with Gasteiger partial charge in [0.25, 0.3) is 0 Å². The van der Waals surface area contributed by atoms with Gasteiger partial charge in [-0.3, -0.25) is 15.0 Å². The Morgan fingerprint density at radius 2 is 2.30 bits per heavy atom. The van der Waals surface area contributed by atoms with Crippen molar-refractivity contribution in [3.05, 3.63) is 5.89 Å². The van der Waals surface area contributed by atoms with Gasteiger partial charge in [0.2, 0.25) is 11.8 Å². The van der Waals surface area contributed by atoms with Crippen LogP contribution in [0.5, 0.6) is 0 Å². The summed E-state index contributed by atoms with van der Waals surface area (Å²) in [6, 6.07) is 0.561. The number of carbonyl (C=O) groups excluding carboxylic acids is 1. The van der Waals surface area contributed by atoms with Gasteiger partial charge in [-0.15, -0.1) is 5.10 Å². The van der Waals surface area contributed by atoms with Crippen LogP contribution >= 0.6 is 0 Å². The van der Waals surface area contributed by atoms with E-state index in [-0.39, 0.29) is 11.9 Å². The molecule has 20 heavy (non-hydrogen) atoms. The van der Waals surface area contributed by atoms with Crippen LogP contribution in [0.3, 0.4) is 0 Å². The van der Waals surface area contributed by atoms with Crippen molar-refractivity contribution in [1.82, 2.24) is 15.1 Å². The number of carbonyl (C=O) groups is 1. The molecule has 112 valence electrons. The Hall–Kier alpha value is -1.47. The van der Waals surface area contributed by atoms with E-state index in [1.165, 1.54) is 6.42 Å². The van der Waals surface area contributed by atoms with E-state index in [1.807, 2.05) is 0 Å². The molecule has 1 aliphatic carbocycles. The van der Waals surface area contributed by atoms with Crippen molar-refractivity contribution < 1.29 is 9.21 Å². The maximum Gasteiger partial charge on any atom is 0.322 e. The average Bonchev–Trinajstić information content (AvgIpc) is 3.04. The maximum atomic E-state index is 12.0. The summed E-state index contributed by atoms with van der Waals surface area (Å²) in [4.78, 5) is 14.2. The number of likely N-dealkylation sites (N-methyl/N-ethyl adjacent to an activating group) is 1. The van der Waals surface area contributed by atoms with Crippen molar-refractivity contribution in [3.8, 4) is 0 Å². The largest absolute Gasteiger partial charge is 0.408 e. The number of rotatable bonds is 6. The first-order valence-electron chi connectivity index (χ1n) is 7.18. The van der Waals surface area contributed by atoms with Crippen LogP contribution in [-0.4, -0.2) is 46.7 Å². The average molecular weight is 281 g/mol. The zero-order valence-corrected chi connectivity index (χ0v) is 12.1. The van der Waals surface area contributed by atoms with E-state index in [4.69, 9.17) is 10.2 Å². The Morgan fingerprint density at radius 3 is 2.90 bits per heavy atom. The van der Waals surface area contributed by atoms with Crippen LogP contribution in [0.2, 0.25) is 0 Å². The van der Waals surface area contributed by atoms with Crippen LogP contribution in [0.25, 0.3) is 0 Å². The van der Waals surface area contributed by atoms with Crippen LogP contribution in [0, 0.1) is 12.8 Å². The molecule has 7 nitrogen and oxygen atoms in total. The van der Waals surface area contributed by atoms with Gasteiger partial charge in [-0.2, -0.15) is 0 Å². The summed E-state index contributed by atoms with van der Waals surface area (Å²) < 4.78 is 5.14. The summed E-state index contributed by atoms with van der Waals surface area (Å²) in [7, 11) is 0. The quantitative estimate of drug-likeness (QED) is 0.799. The van der Waals surface area contributed by atoms with E-state index in [0.717, 1.165) is 19.4 Å². The van der Waals surface area contributed by atoms with Crippen LogP contribution < -0.4 is 11.1 Å². The number of aryl methyl sites for hydroxylation is 1. The Labute approximate surface area is 118 Å². The highest BCUT2D eigenvalue weighted by Gasteiger charge is 2.31. The third kappa shape index (κ3) is 3.55. The number of hydrogen-bond acceptors (Lipinski definition) is 6. The molecule has 1 amide bonds. The topological polar surface area (TPSA) is 97.3 Å². The molecule has 7 heteroatoms. The number of anilines is 1. The molecule has 0 bridgehead atoms. The first-order valence-corrected chi connectivity index (χ1v) is 7.18. The van der Waals surface area contributed by atoms with Crippen molar-refractivity contribution in [3.63, 3.8) is 0 Å². The summed E-state index contributed by atoms with van der Waals surface area (Å²) in [5.74, 6) is 0.804. The molecule has 0 aromatic carbocycles. The van der Waals surface area contributed by atoms with E-state index in [2.05, 4.69) is 27.3 Å². The highest BCUT2D eigenvalue weighted by atomic mass is 16.4. The molecule has 1 aromatic rings. The van der Waals surface area contributed by atoms with Gasteiger partial charge in [0.05, 0.1) is 6.54 Å². The minimum Gasteiger partial charge on any atom is -0.408 e. The number of amides is 1. The van der Waals surface area contributed by atoms with Gasteiger partial charge in [-0.25, -0.2) is 0 Å². The maximum absolute atomic E-state index is 12.0. The molecule has 0 aliphatic heterocycles. The van der Waals surface area contributed by atoms with Crippen LogP contribution in [-0.2, 0) is 4.79 Å². The minimum absolute atomic E-state index is 0.127. The molecule has 1 heterocycles. The standard InChI is InChI=1S/C13H23N5O2/c1-3-18(11-6-4-5-10(11)7-14)8-12(19)15-13-17-16-9(2)20-13/h10-11H,3-8,14H2,1-2H3,(H,15,17,19). The molecule has 3 N–H and O–H groups in total. The van der Waals surface area contributed by atoms with Crippen molar-refractivity contribution >= 4 is 11.9 Å². The number of nitrogens with two attached hydrogens (primary N) is 1. The van der Waals surface area contributed by atoms with Crippen LogP contribution in [0.1, 0.15) is 32.1 Å². The summed E-state index contributed by atoms with van der Waals surface area (Å²) in [6.45, 7) is 5.60. The first kappa shape index (κ1) is 14.9. The minimum atomic E-state index is -0.127. The second kappa shape index (κ2) is 6.81. The molecular weight excluding hydrogens is 258 g/mol.